The molecule has 2 fully saturated rings. The van der Waals surface area contributed by atoms with Gasteiger partial charge in [0.05, 0.1) is 5.69 Å². The Morgan fingerprint density at radius 3 is 2.80 bits per heavy atom. The molecular weight excluding hydrogens is 466 g/mol. The molecule has 0 radical (unpaired) electrons. The second-order valence-corrected chi connectivity index (χ2v) is 9.24. The lowest BCUT2D eigenvalue weighted by Crippen LogP contribution is -2.40. The van der Waals surface area contributed by atoms with Crippen molar-refractivity contribution >= 4 is 35.5 Å². The number of hydrazine groups is 1. The zero-order valence-electron chi connectivity index (χ0n) is 20.0. The van der Waals surface area contributed by atoms with Crippen molar-refractivity contribution < 1.29 is 4.79 Å². The van der Waals surface area contributed by atoms with Gasteiger partial charge in [-0.1, -0.05) is 11.6 Å². The summed E-state index contributed by atoms with van der Waals surface area (Å²) in [6.45, 7) is 3.16. The summed E-state index contributed by atoms with van der Waals surface area (Å²) >= 11 is 5.51. The third-order valence-corrected chi connectivity index (χ3v) is 6.37. The lowest BCUT2D eigenvalue weighted by molar-refractivity contribution is -0.105. The largest absolute Gasteiger partial charge is 0.369 e. The fourth-order valence-corrected chi connectivity index (χ4v) is 4.26. The molecule has 2 aromatic heterocycles. The lowest BCUT2D eigenvalue weighted by atomic mass is 10.2. The molecule has 186 valence electrons. The molecule has 0 bridgehead atoms. The van der Waals surface area contributed by atoms with E-state index in [-0.39, 0.29) is 6.17 Å². The maximum absolute atomic E-state index is 9.91. The average Bonchev–Trinajstić information content (AvgIpc) is 3.17. The molecule has 4 heterocycles. The van der Waals surface area contributed by atoms with E-state index in [0.717, 1.165) is 25.1 Å². The normalized spacial score (nSPS) is 22.8. The minimum Gasteiger partial charge on any atom is -0.369 e. The minimum absolute atomic E-state index is 0.0681. The highest BCUT2D eigenvalue weighted by Gasteiger charge is 2.32. The van der Waals surface area contributed by atoms with Crippen LogP contribution in [-0.4, -0.2) is 63.9 Å². The number of pyridine rings is 1. The van der Waals surface area contributed by atoms with Crippen molar-refractivity contribution in [1.82, 2.24) is 25.3 Å². The first-order chi connectivity index (χ1) is 16.9. The second kappa shape index (κ2) is 11.4. The topological polar surface area (TPSA) is 127 Å². The summed E-state index contributed by atoms with van der Waals surface area (Å²) in [7, 11) is 2.02. The summed E-state index contributed by atoms with van der Waals surface area (Å²) in [5.41, 5.74) is 12.5. The van der Waals surface area contributed by atoms with Crippen molar-refractivity contribution in [2.45, 2.75) is 44.8 Å². The van der Waals surface area contributed by atoms with Crippen molar-refractivity contribution in [3.8, 4) is 0 Å². The fraction of sp³-hybridized carbons (Fsp3) is 0.417. The number of aromatic nitrogens is 2. The number of nitrogens with one attached hydrogen (secondary N) is 3. The number of aliphatic imine (C=N–C) groups is 2. The first-order valence-corrected chi connectivity index (χ1v) is 12.2. The molecule has 35 heavy (non-hydrogen) atoms. The quantitative estimate of drug-likeness (QED) is 0.218. The molecule has 2 aliphatic heterocycles. The summed E-state index contributed by atoms with van der Waals surface area (Å²) in [6, 6.07) is 7.59. The highest BCUT2D eigenvalue weighted by molar-refractivity contribution is 6.29. The van der Waals surface area contributed by atoms with E-state index in [1.54, 1.807) is 12.1 Å². The van der Waals surface area contributed by atoms with Crippen molar-refractivity contribution in [3.05, 3.63) is 59.3 Å². The van der Waals surface area contributed by atoms with E-state index in [2.05, 4.69) is 38.6 Å². The van der Waals surface area contributed by atoms with Gasteiger partial charge >= 0.3 is 0 Å². The fourth-order valence-electron chi connectivity index (χ4n) is 4.09. The number of nitrogens with zero attached hydrogens (tertiary/aromatic N) is 5. The van der Waals surface area contributed by atoms with Crippen LogP contribution in [0, 0.1) is 5.92 Å². The smallest absolute Gasteiger partial charge is 0.211 e. The zero-order chi connectivity index (χ0) is 24.8. The molecule has 2 aromatic rings. The van der Waals surface area contributed by atoms with Gasteiger partial charge in [-0.25, -0.2) is 9.98 Å². The summed E-state index contributed by atoms with van der Waals surface area (Å²) in [5.74, 6) is 1.88. The Labute approximate surface area is 210 Å². The molecular formula is C24H32ClN9O. The molecule has 1 amide bonds. The maximum atomic E-state index is 9.91. The van der Waals surface area contributed by atoms with Gasteiger partial charge in [0.1, 0.15) is 11.3 Å². The molecule has 1 unspecified atom stereocenters. The van der Waals surface area contributed by atoms with Gasteiger partial charge in [0.2, 0.25) is 6.41 Å². The molecule has 5 rings (SSSR count). The number of H-pyrrole nitrogens is 1. The van der Waals surface area contributed by atoms with Crippen molar-refractivity contribution in [2.75, 3.05) is 18.9 Å². The number of aromatic amines is 1. The Morgan fingerprint density at radius 2 is 2.17 bits per heavy atom. The van der Waals surface area contributed by atoms with E-state index in [1.165, 1.54) is 24.7 Å². The highest BCUT2D eigenvalue weighted by atomic mass is 35.5. The Kier molecular flexibility index (Phi) is 8.04. The first-order valence-electron chi connectivity index (χ1n) is 11.8. The minimum atomic E-state index is -0.0681. The zero-order valence-corrected chi connectivity index (χ0v) is 20.7. The van der Waals surface area contributed by atoms with Crippen LogP contribution in [0.1, 0.15) is 38.3 Å². The van der Waals surface area contributed by atoms with Gasteiger partial charge in [0.25, 0.3) is 0 Å². The standard InChI is InChI=1S/C18H27N7.C6H5ClN2O/c1-12-5-4-10-25(12)18(19)22-17(14-6-3-9-20-14)21-16-11-15(13-7-8-13)23-24(16)2;7-6-3-5(9-4-10)1-2-8-6/h3,6,9,11-13,16,20,23H,4-5,7-8,10H2,1-2H3,(H2,19,21,22);1-4H,(H,8,9,10)/t12-,16?;/m0./s1. The van der Waals surface area contributed by atoms with Crippen LogP contribution < -0.4 is 16.5 Å². The molecule has 1 saturated carbocycles. The number of guanidine groups is 1. The van der Waals surface area contributed by atoms with Crippen LogP contribution in [0.15, 0.2) is 58.4 Å². The number of nitrogens with two attached hydrogens (primary N) is 1. The van der Waals surface area contributed by atoms with Crippen molar-refractivity contribution in [3.63, 3.8) is 0 Å². The van der Waals surface area contributed by atoms with Gasteiger partial charge in [-0.2, -0.15) is 10.0 Å². The second-order valence-electron chi connectivity index (χ2n) is 8.85. The number of amides is 1. The van der Waals surface area contributed by atoms with E-state index in [4.69, 9.17) is 27.3 Å². The number of likely N-dealkylation sites (N-methyl/N-ethyl adjacent to an activating group) is 1. The molecule has 1 saturated heterocycles. The number of hydrogen-bond acceptors (Lipinski definition) is 5. The van der Waals surface area contributed by atoms with Crippen LogP contribution in [0.5, 0.6) is 0 Å². The first kappa shape index (κ1) is 24.7. The predicted molar refractivity (Wildman–Crippen MR) is 139 cm³/mol. The summed E-state index contributed by atoms with van der Waals surface area (Å²) in [6.07, 6.45) is 11.0. The van der Waals surface area contributed by atoms with E-state index >= 15 is 0 Å². The molecule has 10 nitrogen and oxygen atoms in total. The van der Waals surface area contributed by atoms with E-state index in [9.17, 15) is 4.79 Å². The van der Waals surface area contributed by atoms with E-state index in [0.29, 0.717) is 41.0 Å². The Bertz CT molecular complexity index is 1090. The number of anilines is 1. The number of carbonyl (C=O) groups excluding carboxylic acids is 1. The number of hydrogen-bond donors (Lipinski definition) is 4. The molecule has 2 atom stereocenters. The van der Waals surface area contributed by atoms with Gasteiger partial charge in [-0.15, -0.1) is 0 Å². The summed E-state index contributed by atoms with van der Waals surface area (Å²) in [4.78, 5) is 28.6. The summed E-state index contributed by atoms with van der Waals surface area (Å²) in [5, 5.41) is 4.84. The van der Waals surface area contributed by atoms with Gasteiger partial charge in [-0.05, 0) is 68.9 Å². The van der Waals surface area contributed by atoms with Gasteiger partial charge in [0, 0.05) is 43.4 Å². The number of amidine groups is 1. The third kappa shape index (κ3) is 6.61. The Morgan fingerprint density at radius 1 is 1.34 bits per heavy atom. The van der Waals surface area contributed by atoms with Crippen LogP contribution in [0.25, 0.3) is 0 Å². The van der Waals surface area contributed by atoms with Crippen LogP contribution in [0.2, 0.25) is 5.15 Å². The van der Waals surface area contributed by atoms with Crippen LogP contribution in [0.3, 0.4) is 0 Å². The number of halogens is 1. The molecule has 5 N–H and O–H groups in total. The number of carbonyl (C=O) groups is 1. The number of rotatable bonds is 5. The summed E-state index contributed by atoms with van der Waals surface area (Å²) < 4.78 is 0. The molecule has 1 aliphatic carbocycles. The lowest BCUT2D eigenvalue weighted by Gasteiger charge is -2.22. The molecule has 0 spiro atoms. The highest BCUT2D eigenvalue weighted by Crippen LogP contribution is 2.37. The van der Waals surface area contributed by atoms with Crippen molar-refractivity contribution in [2.24, 2.45) is 21.6 Å². The SMILES string of the molecule is C[C@H]1CCCN1C(N)=N/C(=N\C1C=C(C2CC2)NN1C)c1ccc[nH]1.O=CNc1ccnc(Cl)c1. The maximum Gasteiger partial charge on any atom is 0.211 e. The molecule has 3 aliphatic rings. The van der Waals surface area contributed by atoms with Crippen molar-refractivity contribution in [1.29, 1.82) is 0 Å². The molecule has 11 heteroatoms. The molecule has 0 aromatic carbocycles. The van der Waals surface area contributed by atoms with Crippen LogP contribution >= 0.6 is 11.6 Å². The number of likely N-dealkylation sites (tertiary alicyclic amines) is 1. The van der Waals surface area contributed by atoms with Gasteiger partial charge in [-0.3, -0.25) is 4.79 Å². The van der Waals surface area contributed by atoms with Crippen LogP contribution in [0.4, 0.5) is 5.69 Å². The number of allylic oxidation sites excluding steroid dienone is 1. The Balaban J connectivity index is 0.000000243. The van der Waals surface area contributed by atoms with E-state index in [1.807, 2.05) is 30.4 Å². The monoisotopic (exact) mass is 497 g/mol. The average molecular weight is 498 g/mol. The predicted octanol–water partition coefficient (Wildman–Crippen LogP) is 2.93. The Hall–Kier alpha value is -3.37. The van der Waals surface area contributed by atoms with Gasteiger partial charge in [0.15, 0.2) is 11.8 Å². The van der Waals surface area contributed by atoms with Crippen LogP contribution in [-0.2, 0) is 4.79 Å². The third-order valence-electron chi connectivity index (χ3n) is 6.16. The van der Waals surface area contributed by atoms with E-state index < -0.39 is 0 Å². The van der Waals surface area contributed by atoms with Gasteiger partial charge < -0.3 is 26.4 Å².